The lowest BCUT2D eigenvalue weighted by Gasteiger charge is -2.16. The average Bonchev–Trinajstić information content (AvgIpc) is 2.78. The van der Waals surface area contributed by atoms with Crippen LogP contribution >= 0.6 is 15.9 Å². The minimum absolute atomic E-state index is 0.0118. The van der Waals surface area contributed by atoms with Crippen molar-refractivity contribution in [3.63, 3.8) is 0 Å². The maximum absolute atomic E-state index is 6.31. The van der Waals surface area contributed by atoms with Gasteiger partial charge < -0.3 is 10.6 Å². The van der Waals surface area contributed by atoms with Crippen LogP contribution in [-0.4, -0.2) is 35.3 Å². The van der Waals surface area contributed by atoms with Gasteiger partial charge in [-0.3, -0.25) is 4.68 Å². The molecule has 0 spiro atoms. The molecule has 2 aromatic rings. The van der Waals surface area contributed by atoms with E-state index in [-0.39, 0.29) is 6.04 Å². The van der Waals surface area contributed by atoms with Gasteiger partial charge in [-0.1, -0.05) is 30.3 Å². The monoisotopic (exact) mass is 336 g/mol. The van der Waals surface area contributed by atoms with Crippen LogP contribution in [0.5, 0.6) is 0 Å². The van der Waals surface area contributed by atoms with Crippen LogP contribution in [0.4, 0.5) is 0 Å². The first kappa shape index (κ1) is 15.2. The molecule has 1 aromatic carbocycles. The summed E-state index contributed by atoms with van der Waals surface area (Å²) < 4.78 is 3.06. The molecule has 0 radical (unpaired) electrons. The van der Waals surface area contributed by atoms with Gasteiger partial charge in [0.25, 0.3) is 0 Å². The van der Waals surface area contributed by atoms with E-state index in [4.69, 9.17) is 5.73 Å². The number of hydrogen-bond donors (Lipinski definition) is 1. The van der Waals surface area contributed by atoms with Crippen LogP contribution < -0.4 is 5.73 Å². The number of likely N-dealkylation sites (N-methyl/N-ethyl adjacent to an activating group) is 1. The molecular formula is C15H21BrN4. The molecule has 0 aliphatic heterocycles. The highest BCUT2D eigenvalue weighted by molar-refractivity contribution is 9.10. The lowest BCUT2D eigenvalue weighted by atomic mass is 10.0. The molecule has 1 unspecified atom stereocenters. The zero-order chi connectivity index (χ0) is 14.5. The number of nitrogens with two attached hydrogens (primary N) is 1. The fourth-order valence-electron chi connectivity index (χ4n) is 2.10. The number of nitrogens with zero attached hydrogens (tertiary/aromatic N) is 3. The average molecular weight is 337 g/mol. The normalized spacial score (nSPS) is 12.8. The Hall–Kier alpha value is -1.17. The largest absolute Gasteiger partial charge is 0.324 e. The summed E-state index contributed by atoms with van der Waals surface area (Å²) in [6.07, 6.45) is 2.63. The van der Waals surface area contributed by atoms with Crippen LogP contribution in [0.15, 0.2) is 41.0 Å². The van der Waals surface area contributed by atoms with Gasteiger partial charge in [-0.25, -0.2) is 0 Å². The van der Waals surface area contributed by atoms with Crippen LogP contribution in [-0.2, 0) is 13.0 Å². The molecule has 0 aliphatic carbocycles. The fraction of sp³-hybridized carbons (Fsp3) is 0.400. The van der Waals surface area contributed by atoms with Gasteiger partial charge in [0.1, 0.15) is 0 Å². The minimum atomic E-state index is -0.0118. The zero-order valence-corrected chi connectivity index (χ0v) is 13.5. The third-order valence-corrected chi connectivity index (χ3v) is 3.96. The molecule has 108 valence electrons. The Morgan fingerprint density at radius 1 is 1.30 bits per heavy atom. The maximum atomic E-state index is 6.31. The van der Waals surface area contributed by atoms with Crippen molar-refractivity contribution in [1.82, 2.24) is 14.7 Å². The molecule has 4 nitrogen and oxygen atoms in total. The SMILES string of the molecule is CN(C)CCn1ncc(Br)c1CC(N)c1ccccc1. The number of rotatable bonds is 6. The molecule has 0 bridgehead atoms. The van der Waals surface area contributed by atoms with E-state index < -0.39 is 0 Å². The second-order valence-electron chi connectivity index (χ2n) is 5.19. The maximum Gasteiger partial charge on any atom is 0.0635 e. The molecule has 5 heteroatoms. The summed E-state index contributed by atoms with van der Waals surface area (Å²) in [5, 5.41) is 4.42. The van der Waals surface area contributed by atoms with E-state index in [1.807, 2.05) is 29.1 Å². The van der Waals surface area contributed by atoms with Crippen LogP contribution in [0.1, 0.15) is 17.3 Å². The first-order chi connectivity index (χ1) is 9.58. The van der Waals surface area contributed by atoms with E-state index >= 15 is 0 Å². The molecule has 0 aliphatic rings. The molecule has 2 N–H and O–H groups in total. The second kappa shape index (κ2) is 7.02. The zero-order valence-electron chi connectivity index (χ0n) is 12.0. The van der Waals surface area contributed by atoms with Crippen molar-refractivity contribution in [2.45, 2.75) is 19.0 Å². The molecule has 0 saturated carbocycles. The van der Waals surface area contributed by atoms with Gasteiger partial charge in [0.05, 0.1) is 22.9 Å². The third-order valence-electron chi connectivity index (χ3n) is 3.30. The summed E-state index contributed by atoms with van der Waals surface area (Å²) >= 11 is 3.57. The van der Waals surface area contributed by atoms with Crippen molar-refractivity contribution >= 4 is 15.9 Å². The van der Waals surface area contributed by atoms with Crippen molar-refractivity contribution in [1.29, 1.82) is 0 Å². The molecule has 1 atom stereocenters. The second-order valence-corrected chi connectivity index (χ2v) is 6.04. The Kier molecular flexibility index (Phi) is 5.34. The Bertz CT molecular complexity index is 536. The van der Waals surface area contributed by atoms with Gasteiger partial charge in [0, 0.05) is 19.0 Å². The lowest BCUT2D eigenvalue weighted by Crippen LogP contribution is -2.22. The first-order valence-corrected chi connectivity index (χ1v) is 7.52. The Morgan fingerprint density at radius 3 is 2.65 bits per heavy atom. The van der Waals surface area contributed by atoms with Gasteiger partial charge >= 0.3 is 0 Å². The van der Waals surface area contributed by atoms with Crippen molar-refractivity contribution in [2.75, 3.05) is 20.6 Å². The van der Waals surface area contributed by atoms with Crippen molar-refractivity contribution < 1.29 is 0 Å². The quantitative estimate of drug-likeness (QED) is 0.881. The smallest absolute Gasteiger partial charge is 0.0635 e. The topological polar surface area (TPSA) is 47.1 Å². The van der Waals surface area contributed by atoms with E-state index in [0.29, 0.717) is 0 Å². The van der Waals surface area contributed by atoms with Gasteiger partial charge in [-0.05, 0) is 35.6 Å². The van der Waals surface area contributed by atoms with E-state index in [9.17, 15) is 0 Å². The van der Waals surface area contributed by atoms with E-state index in [1.54, 1.807) is 0 Å². The molecule has 0 amide bonds. The molecule has 1 heterocycles. The van der Waals surface area contributed by atoms with E-state index in [0.717, 1.165) is 35.2 Å². The fourth-order valence-corrected chi connectivity index (χ4v) is 2.56. The standard InChI is InChI=1S/C15H21BrN4/c1-19(2)8-9-20-15(13(16)11-18-20)10-14(17)12-6-4-3-5-7-12/h3-7,11,14H,8-10,17H2,1-2H3. The highest BCUT2D eigenvalue weighted by Crippen LogP contribution is 2.22. The van der Waals surface area contributed by atoms with Gasteiger partial charge in [-0.2, -0.15) is 5.10 Å². The van der Waals surface area contributed by atoms with Gasteiger partial charge in [-0.15, -0.1) is 0 Å². The summed E-state index contributed by atoms with van der Waals surface area (Å²) in [6.45, 7) is 1.83. The van der Waals surface area contributed by atoms with Crippen LogP contribution in [0.2, 0.25) is 0 Å². The minimum Gasteiger partial charge on any atom is -0.324 e. The number of halogens is 1. The number of benzene rings is 1. The van der Waals surface area contributed by atoms with Crippen LogP contribution in [0.25, 0.3) is 0 Å². The Morgan fingerprint density at radius 2 is 2.00 bits per heavy atom. The summed E-state index contributed by atoms with van der Waals surface area (Å²) in [5.74, 6) is 0. The van der Waals surface area contributed by atoms with Crippen LogP contribution in [0, 0.1) is 0 Å². The highest BCUT2D eigenvalue weighted by atomic mass is 79.9. The molecule has 2 rings (SSSR count). The van der Waals surface area contributed by atoms with Crippen LogP contribution in [0.3, 0.4) is 0 Å². The Labute approximate surface area is 128 Å². The van der Waals surface area contributed by atoms with Crippen molar-refractivity contribution in [2.24, 2.45) is 5.73 Å². The summed E-state index contributed by atoms with van der Waals surface area (Å²) in [5.41, 5.74) is 8.62. The third kappa shape index (κ3) is 3.91. The van der Waals surface area contributed by atoms with E-state index in [2.05, 4.69) is 52.2 Å². The Balaban J connectivity index is 2.10. The first-order valence-electron chi connectivity index (χ1n) is 6.73. The van der Waals surface area contributed by atoms with E-state index in [1.165, 1.54) is 0 Å². The highest BCUT2D eigenvalue weighted by Gasteiger charge is 2.14. The molecule has 20 heavy (non-hydrogen) atoms. The predicted molar refractivity (Wildman–Crippen MR) is 85.6 cm³/mol. The van der Waals surface area contributed by atoms with Crippen molar-refractivity contribution in [3.8, 4) is 0 Å². The lowest BCUT2D eigenvalue weighted by molar-refractivity contribution is 0.368. The molecule has 0 fully saturated rings. The van der Waals surface area contributed by atoms with Gasteiger partial charge in [0.2, 0.25) is 0 Å². The molecule has 0 saturated heterocycles. The summed E-state index contributed by atoms with van der Waals surface area (Å²) in [6, 6.07) is 10.2. The number of aromatic nitrogens is 2. The molecule has 1 aromatic heterocycles. The van der Waals surface area contributed by atoms with Crippen molar-refractivity contribution in [3.05, 3.63) is 52.3 Å². The summed E-state index contributed by atoms with van der Waals surface area (Å²) in [7, 11) is 4.13. The predicted octanol–water partition coefficient (Wildman–Crippen LogP) is 2.45. The number of hydrogen-bond acceptors (Lipinski definition) is 3. The molecular weight excluding hydrogens is 316 g/mol. The van der Waals surface area contributed by atoms with Gasteiger partial charge in [0.15, 0.2) is 0 Å². The summed E-state index contributed by atoms with van der Waals surface area (Å²) in [4.78, 5) is 2.15.